The molecule has 0 aliphatic rings. The van der Waals surface area contributed by atoms with Gasteiger partial charge in [-0.15, -0.1) is 0 Å². The van der Waals surface area contributed by atoms with E-state index in [9.17, 15) is 9.59 Å². The Morgan fingerprint density at radius 3 is 2.73 bits per heavy atom. The topological polar surface area (TPSA) is 108 Å². The summed E-state index contributed by atoms with van der Waals surface area (Å²) in [4.78, 5) is 35.7. The van der Waals surface area contributed by atoms with Crippen molar-refractivity contribution in [2.24, 2.45) is 0 Å². The predicted molar refractivity (Wildman–Crippen MR) is 141 cm³/mol. The number of aromatic nitrogens is 5. The molecule has 1 atom stereocenters. The van der Waals surface area contributed by atoms with Crippen molar-refractivity contribution in [2.45, 2.75) is 59.2 Å². The number of hydrogen-bond acceptors (Lipinski definition) is 6. The lowest BCUT2D eigenvalue weighted by molar-refractivity contribution is -0.122. The number of carbonyl (C=O) groups excluding carboxylic acids is 1. The first-order chi connectivity index (χ1) is 17.9. The molecule has 1 N–H and O–H groups in total. The van der Waals surface area contributed by atoms with Gasteiger partial charge in [-0.25, -0.2) is 4.98 Å². The summed E-state index contributed by atoms with van der Waals surface area (Å²) in [6, 6.07) is 16.1. The van der Waals surface area contributed by atoms with Gasteiger partial charge in [0.2, 0.25) is 11.8 Å². The lowest BCUT2D eigenvalue weighted by atomic mass is 10.1. The van der Waals surface area contributed by atoms with Gasteiger partial charge in [-0.2, -0.15) is 4.98 Å². The molecule has 0 bridgehead atoms. The lowest BCUT2D eigenvalue weighted by Crippen LogP contribution is -2.36. The molecule has 37 heavy (non-hydrogen) atoms. The van der Waals surface area contributed by atoms with Crippen molar-refractivity contribution in [3.8, 4) is 0 Å². The van der Waals surface area contributed by atoms with Crippen molar-refractivity contribution in [3.63, 3.8) is 0 Å². The maximum atomic E-state index is 13.6. The van der Waals surface area contributed by atoms with Crippen LogP contribution in [0.2, 0.25) is 0 Å². The Labute approximate surface area is 214 Å². The van der Waals surface area contributed by atoms with E-state index < -0.39 is 0 Å². The standard InChI is InChI=1S/C28H30N6O3/c1-4-23-31-25(37-32-23)16-33-17-29-26-21-14-18(2)10-13-22(21)34(27(26)28(33)36)15-24(35)30-19(3)11-12-20-8-6-5-7-9-20/h5-10,13-14,17,19H,4,11-12,15-16H2,1-3H3,(H,30,35)/t19-/m0/s1. The second-order valence-electron chi connectivity index (χ2n) is 9.43. The molecule has 0 aliphatic carbocycles. The highest BCUT2D eigenvalue weighted by Gasteiger charge is 2.20. The van der Waals surface area contributed by atoms with E-state index in [2.05, 4.69) is 32.6 Å². The zero-order chi connectivity index (χ0) is 25.9. The lowest BCUT2D eigenvalue weighted by Gasteiger charge is -2.15. The van der Waals surface area contributed by atoms with Gasteiger partial charge in [0.05, 0.1) is 11.8 Å². The van der Waals surface area contributed by atoms with Gasteiger partial charge in [0.15, 0.2) is 5.82 Å². The minimum absolute atomic E-state index is 0.0110. The van der Waals surface area contributed by atoms with Crippen molar-refractivity contribution in [1.82, 2.24) is 29.6 Å². The van der Waals surface area contributed by atoms with Gasteiger partial charge in [-0.3, -0.25) is 14.2 Å². The molecule has 0 saturated heterocycles. The molecule has 2 aromatic carbocycles. The van der Waals surface area contributed by atoms with Crippen LogP contribution < -0.4 is 10.9 Å². The first-order valence-corrected chi connectivity index (χ1v) is 12.6. The van der Waals surface area contributed by atoms with Gasteiger partial charge in [0, 0.05) is 17.8 Å². The van der Waals surface area contributed by atoms with Gasteiger partial charge in [0.25, 0.3) is 5.56 Å². The Kier molecular flexibility index (Phi) is 6.85. The quantitative estimate of drug-likeness (QED) is 0.331. The van der Waals surface area contributed by atoms with Crippen molar-refractivity contribution in [3.05, 3.63) is 88.1 Å². The fourth-order valence-electron chi connectivity index (χ4n) is 4.60. The van der Waals surface area contributed by atoms with Crippen molar-refractivity contribution in [2.75, 3.05) is 0 Å². The molecule has 1 amide bonds. The molecule has 190 valence electrons. The third-order valence-corrected chi connectivity index (χ3v) is 6.53. The normalized spacial score (nSPS) is 12.3. The molecule has 9 heteroatoms. The fraction of sp³-hybridized carbons (Fsp3) is 0.321. The van der Waals surface area contributed by atoms with Crippen LogP contribution in [0, 0.1) is 6.92 Å². The Morgan fingerprint density at radius 1 is 1.16 bits per heavy atom. The average Bonchev–Trinajstić information content (AvgIpc) is 3.47. The number of nitrogens with zero attached hydrogens (tertiary/aromatic N) is 5. The maximum Gasteiger partial charge on any atom is 0.278 e. The summed E-state index contributed by atoms with van der Waals surface area (Å²) < 4.78 is 8.48. The number of benzene rings is 2. The van der Waals surface area contributed by atoms with Crippen LogP contribution in [0.1, 0.15) is 43.1 Å². The van der Waals surface area contributed by atoms with Gasteiger partial charge in [0.1, 0.15) is 24.1 Å². The third kappa shape index (κ3) is 5.16. The molecule has 5 rings (SSSR count). The fourth-order valence-corrected chi connectivity index (χ4v) is 4.60. The highest BCUT2D eigenvalue weighted by atomic mass is 16.5. The van der Waals surface area contributed by atoms with Crippen LogP contribution in [0.3, 0.4) is 0 Å². The Morgan fingerprint density at radius 2 is 1.97 bits per heavy atom. The molecule has 0 radical (unpaired) electrons. The van der Waals surface area contributed by atoms with E-state index in [4.69, 9.17) is 4.52 Å². The third-order valence-electron chi connectivity index (χ3n) is 6.53. The molecule has 0 unspecified atom stereocenters. The summed E-state index contributed by atoms with van der Waals surface area (Å²) in [7, 11) is 0. The monoisotopic (exact) mass is 498 g/mol. The molecule has 9 nitrogen and oxygen atoms in total. The molecule has 3 aromatic heterocycles. The van der Waals surface area contributed by atoms with E-state index in [1.165, 1.54) is 16.5 Å². The van der Waals surface area contributed by atoms with E-state index in [1.807, 2.05) is 57.2 Å². The van der Waals surface area contributed by atoms with E-state index in [0.717, 1.165) is 29.3 Å². The molecule has 0 fully saturated rings. The van der Waals surface area contributed by atoms with Gasteiger partial charge in [-0.1, -0.05) is 54.0 Å². The first kappa shape index (κ1) is 24.4. The van der Waals surface area contributed by atoms with Crippen LogP contribution in [0.15, 0.2) is 64.2 Å². The van der Waals surface area contributed by atoms with Crippen LogP contribution in [0.5, 0.6) is 0 Å². The second-order valence-corrected chi connectivity index (χ2v) is 9.43. The molecule has 3 heterocycles. The summed E-state index contributed by atoms with van der Waals surface area (Å²) in [6.45, 7) is 6.05. The van der Waals surface area contributed by atoms with Crippen LogP contribution in [0.25, 0.3) is 21.9 Å². The average molecular weight is 499 g/mol. The maximum absolute atomic E-state index is 13.6. The van der Waals surface area contributed by atoms with Crippen molar-refractivity contribution >= 4 is 27.8 Å². The number of rotatable bonds is 9. The Balaban J connectivity index is 1.44. The highest BCUT2D eigenvalue weighted by Crippen LogP contribution is 2.26. The Bertz CT molecular complexity index is 1620. The Hall–Kier alpha value is -4.27. The van der Waals surface area contributed by atoms with E-state index >= 15 is 0 Å². The van der Waals surface area contributed by atoms with Gasteiger partial charge in [-0.05, 0) is 44.4 Å². The first-order valence-electron chi connectivity index (χ1n) is 12.6. The summed E-state index contributed by atoms with van der Waals surface area (Å²) in [6.07, 6.45) is 3.84. The smallest absolute Gasteiger partial charge is 0.278 e. The van der Waals surface area contributed by atoms with Gasteiger partial charge >= 0.3 is 0 Å². The van der Waals surface area contributed by atoms with E-state index in [1.54, 1.807) is 4.57 Å². The highest BCUT2D eigenvalue weighted by molar-refractivity contribution is 6.06. The largest absolute Gasteiger partial charge is 0.352 e. The van der Waals surface area contributed by atoms with Crippen LogP contribution >= 0.6 is 0 Å². The van der Waals surface area contributed by atoms with Crippen LogP contribution in [-0.4, -0.2) is 36.2 Å². The van der Waals surface area contributed by atoms with Crippen LogP contribution in [0.4, 0.5) is 0 Å². The summed E-state index contributed by atoms with van der Waals surface area (Å²) >= 11 is 0. The van der Waals surface area contributed by atoms with Crippen molar-refractivity contribution < 1.29 is 9.32 Å². The number of carbonyl (C=O) groups is 1. The minimum atomic E-state index is -0.264. The number of hydrogen-bond donors (Lipinski definition) is 1. The number of aryl methyl sites for hydroxylation is 3. The summed E-state index contributed by atoms with van der Waals surface area (Å²) in [5.74, 6) is 0.766. The summed E-state index contributed by atoms with van der Waals surface area (Å²) in [5.41, 5.74) is 3.77. The van der Waals surface area contributed by atoms with E-state index in [-0.39, 0.29) is 30.6 Å². The number of amides is 1. The zero-order valence-corrected chi connectivity index (χ0v) is 21.3. The minimum Gasteiger partial charge on any atom is -0.352 e. The molecule has 0 saturated carbocycles. The van der Waals surface area contributed by atoms with E-state index in [0.29, 0.717) is 29.2 Å². The SMILES string of the molecule is CCc1noc(Cn2cnc3c4cc(C)ccc4n(CC(=O)N[C@@H](C)CCc4ccccc4)c3c2=O)n1. The second kappa shape index (κ2) is 10.4. The van der Waals surface area contributed by atoms with Gasteiger partial charge < -0.3 is 14.4 Å². The molecule has 5 aromatic rings. The molecule has 0 aliphatic heterocycles. The number of nitrogens with one attached hydrogen (secondary N) is 1. The molecule has 0 spiro atoms. The van der Waals surface area contributed by atoms with Crippen molar-refractivity contribution in [1.29, 1.82) is 0 Å². The summed E-state index contributed by atoms with van der Waals surface area (Å²) in [5, 5.41) is 7.84. The zero-order valence-electron chi connectivity index (χ0n) is 21.3. The molecular formula is C28H30N6O3. The van der Waals surface area contributed by atoms with Crippen LogP contribution in [-0.2, 0) is 30.7 Å². The number of fused-ring (bicyclic) bond motifs is 3. The predicted octanol–water partition coefficient (Wildman–Crippen LogP) is 3.79. The molecular weight excluding hydrogens is 468 g/mol.